The Morgan fingerprint density at radius 2 is 1.83 bits per heavy atom. The molecule has 0 saturated heterocycles. The number of carbonyl (C=O) groups excluding carboxylic acids is 1. The molecule has 0 radical (unpaired) electrons. The van der Waals surface area contributed by atoms with Crippen LogP contribution in [0.4, 0.5) is 16.4 Å². The molecule has 0 aliphatic heterocycles. The van der Waals surface area contributed by atoms with Crippen LogP contribution in [0, 0.1) is 0 Å². The summed E-state index contributed by atoms with van der Waals surface area (Å²) in [6.45, 7) is 0. The van der Waals surface area contributed by atoms with E-state index < -0.39 is 6.03 Å². The van der Waals surface area contributed by atoms with E-state index in [2.05, 4.69) is 36.5 Å². The second-order valence-corrected chi connectivity index (χ2v) is 4.61. The number of rotatable bonds is 2. The molecule has 1 aromatic heterocycles. The number of benzene rings is 1. The highest BCUT2D eigenvalue weighted by atomic mass is 79.9. The summed E-state index contributed by atoms with van der Waals surface area (Å²) in [5, 5.41) is 5.56. The number of hydrogen-bond donors (Lipinski definition) is 2. The van der Waals surface area contributed by atoms with Crippen LogP contribution < -0.4 is 10.6 Å². The Morgan fingerprint density at radius 3 is 2.50 bits per heavy atom. The second kappa shape index (κ2) is 5.79. The van der Waals surface area contributed by atoms with Crippen LogP contribution in [0.5, 0.6) is 0 Å². The summed E-state index contributed by atoms with van der Waals surface area (Å²) in [5.74, 6) is 0.211. The van der Waals surface area contributed by atoms with Gasteiger partial charge in [0.1, 0.15) is 0 Å². The lowest BCUT2D eigenvalue weighted by molar-refractivity contribution is 0.262. The normalized spacial score (nSPS) is 9.89. The van der Waals surface area contributed by atoms with Crippen molar-refractivity contribution in [2.24, 2.45) is 0 Å². The Morgan fingerprint density at radius 1 is 1.17 bits per heavy atom. The topological polar surface area (TPSA) is 66.9 Å². The molecule has 2 aromatic rings. The molecule has 0 bridgehead atoms. The predicted octanol–water partition coefficient (Wildman–Crippen LogP) is 3.54. The van der Waals surface area contributed by atoms with Gasteiger partial charge in [0.15, 0.2) is 0 Å². The summed E-state index contributed by atoms with van der Waals surface area (Å²) >= 11 is 9.12. The third kappa shape index (κ3) is 3.41. The zero-order valence-corrected chi connectivity index (χ0v) is 11.4. The van der Waals surface area contributed by atoms with E-state index >= 15 is 0 Å². The number of nitrogens with zero attached hydrogens (tertiary/aromatic N) is 2. The fourth-order valence-corrected chi connectivity index (χ4v) is 1.58. The van der Waals surface area contributed by atoms with Crippen molar-refractivity contribution in [1.82, 2.24) is 9.97 Å². The van der Waals surface area contributed by atoms with Crippen molar-refractivity contribution >= 4 is 45.2 Å². The Balaban J connectivity index is 2.01. The van der Waals surface area contributed by atoms with Crippen LogP contribution in [0.2, 0.25) is 5.02 Å². The van der Waals surface area contributed by atoms with E-state index in [4.69, 9.17) is 11.6 Å². The van der Waals surface area contributed by atoms with Gasteiger partial charge in [0.2, 0.25) is 5.95 Å². The molecule has 0 unspecified atom stereocenters. The molecule has 0 aliphatic carbocycles. The van der Waals surface area contributed by atoms with Gasteiger partial charge in [-0.1, -0.05) is 23.7 Å². The van der Waals surface area contributed by atoms with E-state index in [1.807, 2.05) is 0 Å². The van der Waals surface area contributed by atoms with Crippen molar-refractivity contribution in [1.29, 1.82) is 0 Å². The molecule has 0 fully saturated rings. The molecule has 2 rings (SSSR count). The number of anilines is 2. The number of para-hydroxylation sites is 1. The van der Waals surface area contributed by atoms with Gasteiger partial charge in [0.05, 0.1) is 15.2 Å². The van der Waals surface area contributed by atoms with Crippen LogP contribution in [-0.2, 0) is 0 Å². The van der Waals surface area contributed by atoms with Crippen LogP contribution in [0.1, 0.15) is 0 Å². The second-order valence-electron chi connectivity index (χ2n) is 3.28. The van der Waals surface area contributed by atoms with Gasteiger partial charge in [0.25, 0.3) is 0 Å². The van der Waals surface area contributed by atoms with E-state index in [0.29, 0.717) is 10.7 Å². The van der Waals surface area contributed by atoms with E-state index in [-0.39, 0.29) is 5.95 Å². The fraction of sp³-hybridized carbons (Fsp3) is 0. The highest BCUT2D eigenvalue weighted by Gasteiger charge is 2.06. The summed E-state index contributed by atoms with van der Waals surface area (Å²) in [6, 6.07) is 6.49. The van der Waals surface area contributed by atoms with Crippen molar-refractivity contribution < 1.29 is 4.79 Å². The van der Waals surface area contributed by atoms with Gasteiger partial charge in [-0.05, 0) is 28.1 Å². The molecular formula is C11H8BrClN4O. The van der Waals surface area contributed by atoms with Crippen molar-refractivity contribution in [3.05, 3.63) is 46.2 Å². The van der Waals surface area contributed by atoms with Crippen molar-refractivity contribution in [2.45, 2.75) is 0 Å². The van der Waals surface area contributed by atoms with E-state index in [0.717, 1.165) is 4.47 Å². The molecule has 18 heavy (non-hydrogen) atoms. The number of aromatic nitrogens is 2. The monoisotopic (exact) mass is 326 g/mol. The smallest absolute Gasteiger partial charge is 0.306 e. The average molecular weight is 328 g/mol. The van der Waals surface area contributed by atoms with Crippen LogP contribution in [0.3, 0.4) is 0 Å². The maximum Gasteiger partial charge on any atom is 0.326 e. The van der Waals surface area contributed by atoms with Gasteiger partial charge in [-0.2, -0.15) is 0 Å². The molecule has 1 aromatic carbocycles. The highest BCUT2D eigenvalue weighted by molar-refractivity contribution is 9.10. The van der Waals surface area contributed by atoms with Gasteiger partial charge < -0.3 is 5.32 Å². The van der Waals surface area contributed by atoms with Crippen LogP contribution in [0.25, 0.3) is 0 Å². The number of amides is 2. The maximum atomic E-state index is 11.6. The maximum absolute atomic E-state index is 11.6. The molecule has 2 amide bonds. The van der Waals surface area contributed by atoms with E-state index in [1.165, 1.54) is 12.4 Å². The number of hydrogen-bond acceptors (Lipinski definition) is 3. The van der Waals surface area contributed by atoms with Crippen molar-refractivity contribution in [2.75, 3.05) is 10.6 Å². The van der Waals surface area contributed by atoms with Crippen LogP contribution in [0.15, 0.2) is 41.1 Å². The molecule has 2 N–H and O–H groups in total. The lowest BCUT2D eigenvalue weighted by atomic mass is 10.3. The number of carbonyl (C=O) groups is 1. The quantitative estimate of drug-likeness (QED) is 0.886. The van der Waals surface area contributed by atoms with E-state index in [1.54, 1.807) is 24.3 Å². The molecule has 7 heteroatoms. The molecular weight excluding hydrogens is 320 g/mol. The average Bonchev–Trinajstić information content (AvgIpc) is 2.35. The lowest BCUT2D eigenvalue weighted by Crippen LogP contribution is -2.20. The largest absolute Gasteiger partial charge is 0.326 e. The van der Waals surface area contributed by atoms with Crippen LogP contribution >= 0.6 is 27.5 Å². The summed E-state index contributed by atoms with van der Waals surface area (Å²) in [6.07, 6.45) is 3.08. The van der Waals surface area contributed by atoms with Gasteiger partial charge in [-0.25, -0.2) is 14.8 Å². The minimum absolute atomic E-state index is 0.211. The third-order valence-corrected chi connectivity index (χ3v) is 2.71. The minimum atomic E-state index is -0.453. The van der Waals surface area contributed by atoms with E-state index in [9.17, 15) is 4.79 Å². The number of urea groups is 1. The lowest BCUT2D eigenvalue weighted by Gasteiger charge is -2.07. The standard InChI is InChI=1S/C11H8BrClN4O/c12-7-5-14-10(15-6-7)17-11(18)16-9-4-2-1-3-8(9)13/h1-6H,(H2,14,15,16,17,18). The zero-order valence-electron chi connectivity index (χ0n) is 9.02. The Labute approximate surface area is 117 Å². The first kappa shape index (κ1) is 12.8. The number of nitrogens with one attached hydrogen (secondary N) is 2. The molecule has 0 atom stereocenters. The van der Waals surface area contributed by atoms with Crippen LogP contribution in [-0.4, -0.2) is 16.0 Å². The highest BCUT2D eigenvalue weighted by Crippen LogP contribution is 2.20. The number of halogens is 2. The summed E-state index contributed by atoms with van der Waals surface area (Å²) in [5.41, 5.74) is 0.522. The molecule has 0 saturated carbocycles. The first-order valence-corrected chi connectivity index (χ1v) is 6.12. The zero-order chi connectivity index (χ0) is 13.0. The Bertz CT molecular complexity index is 561. The van der Waals surface area contributed by atoms with Gasteiger partial charge in [-0.15, -0.1) is 0 Å². The fourth-order valence-electron chi connectivity index (χ4n) is 1.19. The summed E-state index contributed by atoms with van der Waals surface area (Å²) < 4.78 is 0.736. The first-order chi connectivity index (χ1) is 8.65. The molecule has 0 spiro atoms. The first-order valence-electron chi connectivity index (χ1n) is 4.95. The minimum Gasteiger partial charge on any atom is -0.306 e. The molecule has 0 aliphatic rings. The van der Waals surface area contributed by atoms with Gasteiger partial charge in [-0.3, -0.25) is 5.32 Å². The summed E-state index contributed by atoms with van der Waals surface area (Å²) in [7, 11) is 0. The SMILES string of the molecule is O=C(Nc1ncc(Br)cn1)Nc1ccccc1Cl. The molecule has 5 nitrogen and oxygen atoms in total. The van der Waals surface area contributed by atoms with Gasteiger partial charge >= 0.3 is 6.03 Å². The van der Waals surface area contributed by atoms with Crippen molar-refractivity contribution in [3.63, 3.8) is 0 Å². The van der Waals surface area contributed by atoms with Gasteiger partial charge in [0, 0.05) is 12.4 Å². The summed E-state index contributed by atoms with van der Waals surface area (Å²) in [4.78, 5) is 19.5. The third-order valence-electron chi connectivity index (χ3n) is 1.97. The Kier molecular flexibility index (Phi) is 4.11. The molecule has 92 valence electrons. The Hall–Kier alpha value is -1.66. The molecule has 1 heterocycles. The van der Waals surface area contributed by atoms with Crippen molar-refractivity contribution in [3.8, 4) is 0 Å². The predicted molar refractivity (Wildman–Crippen MR) is 73.8 cm³/mol.